The molecule has 0 aromatic heterocycles. The lowest BCUT2D eigenvalue weighted by atomic mass is 10.1. The Morgan fingerprint density at radius 3 is 2.40 bits per heavy atom. The quantitative estimate of drug-likeness (QED) is 0.880. The summed E-state index contributed by atoms with van der Waals surface area (Å²) in [6.45, 7) is -0.146. The molecule has 0 fully saturated rings. The van der Waals surface area contributed by atoms with Crippen molar-refractivity contribution in [2.24, 2.45) is 0 Å². The Labute approximate surface area is 120 Å². The summed E-state index contributed by atoms with van der Waals surface area (Å²) in [7, 11) is 0. The summed E-state index contributed by atoms with van der Waals surface area (Å²) in [5.74, 6) is -1.41. The minimum absolute atomic E-state index is 0.0538. The van der Waals surface area contributed by atoms with E-state index in [0.29, 0.717) is 5.56 Å². The van der Waals surface area contributed by atoms with Crippen molar-refractivity contribution in [3.05, 3.63) is 70.5 Å². The van der Waals surface area contributed by atoms with Gasteiger partial charge in [0, 0.05) is 11.1 Å². The van der Waals surface area contributed by atoms with Crippen molar-refractivity contribution in [3.8, 4) is 0 Å². The molecule has 3 nitrogen and oxygen atoms in total. The first-order chi connectivity index (χ1) is 9.58. The SMILES string of the molecule is O=C(CNC(=O)c1ccc(Cl)c(F)c1)c1ccccc1. The highest BCUT2D eigenvalue weighted by molar-refractivity contribution is 6.30. The Kier molecular flexibility index (Phi) is 4.48. The fraction of sp³-hybridized carbons (Fsp3) is 0.0667. The highest BCUT2D eigenvalue weighted by Crippen LogP contribution is 2.15. The van der Waals surface area contributed by atoms with Crippen molar-refractivity contribution in [2.75, 3.05) is 6.54 Å². The smallest absolute Gasteiger partial charge is 0.251 e. The van der Waals surface area contributed by atoms with E-state index in [1.165, 1.54) is 12.1 Å². The maximum Gasteiger partial charge on any atom is 0.251 e. The molecule has 2 aromatic carbocycles. The van der Waals surface area contributed by atoms with Gasteiger partial charge in [-0.1, -0.05) is 41.9 Å². The van der Waals surface area contributed by atoms with Crippen molar-refractivity contribution in [3.63, 3.8) is 0 Å². The molecule has 0 spiro atoms. The van der Waals surface area contributed by atoms with Gasteiger partial charge < -0.3 is 5.32 Å². The summed E-state index contributed by atoms with van der Waals surface area (Å²) < 4.78 is 13.2. The predicted octanol–water partition coefficient (Wildman–Crippen LogP) is 3.09. The predicted molar refractivity (Wildman–Crippen MR) is 74.5 cm³/mol. The monoisotopic (exact) mass is 291 g/mol. The number of carbonyl (C=O) groups excluding carboxylic acids is 2. The van der Waals surface area contributed by atoms with Crippen LogP contribution in [0.3, 0.4) is 0 Å². The van der Waals surface area contributed by atoms with Crippen LogP contribution in [0.4, 0.5) is 4.39 Å². The Balaban J connectivity index is 1.98. The zero-order valence-corrected chi connectivity index (χ0v) is 11.2. The molecule has 0 saturated carbocycles. The standard InChI is InChI=1S/C15H11ClFNO2/c16-12-7-6-11(8-13(12)17)15(20)18-9-14(19)10-4-2-1-3-5-10/h1-8H,9H2,(H,18,20). The molecule has 1 amide bonds. The van der Waals surface area contributed by atoms with Gasteiger partial charge in [-0.2, -0.15) is 0 Å². The minimum Gasteiger partial charge on any atom is -0.345 e. The van der Waals surface area contributed by atoms with Crippen LogP contribution in [0, 0.1) is 5.82 Å². The second-order valence-corrected chi connectivity index (χ2v) is 4.51. The van der Waals surface area contributed by atoms with Gasteiger partial charge in [0.05, 0.1) is 11.6 Å². The first-order valence-electron chi connectivity index (χ1n) is 5.89. The lowest BCUT2D eigenvalue weighted by Crippen LogP contribution is -2.29. The fourth-order valence-corrected chi connectivity index (χ4v) is 1.74. The molecule has 0 bridgehead atoms. The molecule has 2 rings (SSSR count). The van der Waals surface area contributed by atoms with E-state index in [4.69, 9.17) is 11.6 Å². The van der Waals surface area contributed by atoms with E-state index in [-0.39, 0.29) is 22.9 Å². The lowest BCUT2D eigenvalue weighted by molar-refractivity contribution is 0.0904. The van der Waals surface area contributed by atoms with Crippen LogP contribution in [0.1, 0.15) is 20.7 Å². The van der Waals surface area contributed by atoms with Crippen LogP contribution < -0.4 is 5.32 Å². The topological polar surface area (TPSA) is 46.2 Å². The van der Waals surface area contributed by atoms with Crippen molar-refractivity contribution < 1.29 is 14.0 Å². The first-order valence-corrected chi connectivity index (χ1v) is 6.27. The molecular formula is C15H11ClFNO2. The molecule has 102 valence electrons. The molecule has 0 saturated heterocycles. The highest BCUT2D eigenvalue weighted by Gasteiger charge is 2.11. The fourth-order valence-electron chi connectivity index (χ4n) is 1.63. The number of benzene rings is 2. The van der Waals surface area contributed by atoms with Gasteiger partial charge in [0.15, 0.2) is 5.78 Å². The zero-order valence-electron chi connectivity index (χ0n) is 10.4. The maximum absolute atomic E-state index is 13.2. The Morgan fingerprint density at radius 1 is 1.05 bits per heavy atom. The van der Waals surface area contributed by atoms with Crippen LogP contribution >= 0.6 is 11.6 Å². The average molecular weight is 292 g/mol. The number of carbonyl (C=O) groups is 2. The molecule has 1 N–H and O–H groups in total. The molecule has 0 aliphatic heterocycles. The van der Waals surface area contributed by atoms with E-state index in [0.717, 1.165) is 6.07 Å². The van der Waals surface area contributed by atoms with Gasteiger partial charge in [0.25, 0.3) is 5.91 Å². The lowest BCUT2D eigenvalue weighted by Gasteiger charge is -2.05. The number of hydrogen-bond acceptors (Lipinski definition) is 2. The molecule has 20 heavy (non-hydrogen) atoms. The van der Waals surface area contributed by atoms with Gasteiger partial charge >= 0.3 is 0 Å². The summed E-state index contributed by atoms with van der Waals surface area (Å²) in [5, 5.41) is 2.39. The summed E-state index contributed by atoms with van der Waals surface area (Å²) in [6.07, 6.45) is 0. The number of nitrogens with one attached hydrogen (secondary N) is 1. The number of ketones is 1. The van der Waals surface area contributed by atoms with E-state index in [2.05, 4.69) is 5.32 Å². The second-order valence-electron chi connectivity index (χ2n) is 4.10. The summed E-state index contributed by atoms with van der Waals surface area (Å²) in [4.78, 5) is 23.6. The average Bonchev–Trinajstić information content (AvgIpc) is 2.48. The molecule has 0 unspecified atom stereocenters. The maximum atomic E-state index is 13.2. The van der Waals surface area contributed by atoms with E-state index < -0.39 is 11.7 Å². The van der Waals surface area contributed by atoms with Gasteiger partial charge in [-0.3, -0.25) is 9.59 Å². The molecule has 0 atom stereocenters. The minimum atomic E-state index is -0.672. The van der Waals surface area contributed by atoms with Crippen molar-refractivity contribution in [2.45, 2.75) is 0 Å². The largest absolute Gasteiger partial charge is 0.345 e. The van der Waals surface area contributed by atoms with Crippen LogP contribution in [0.5, 0.6) is 0 Å². The Morgan fingerprint density at radius 2 is 1.75 bits per heavy atom. The van der Waals surface area contributed by atoms with Crippen LogP contribution in [-0.4, -0.2) is 18.2 Å². The normalized spacial score (nSPS) is 10.1. The van der Waals surface area contributed by atoms with Gasteiger partial charge in [0.1, 0.15) is 5.82 Å². The third-order valence-corrected chi connectivity index (χ3v) is 2.99. The zero-order chi connectivity index (χ0) is 14.5. The van der Waals surface area contributed by atoms with Crippen molar-refractivity contribution in [1.82, 2.24) is 5.32 Å². The van der Waals surface area contributed by atoms with Crippen LogP contribution in [-0.2, 0) is 0 Å². The van der Waals surface area contributed by atoms with E-state index in [9.17, 15) is 14.0 Å². The summed E-state index contributed by atoms with van der Waals surface area (Å²) >= 11 is 5.53. The molecule has 0 radical (unpaired) electrons. The van der Waals surface area contributed by atoms with Gasteiger partial charge in [-0.05, 0) is 18.2 Å². The van der Waals surface area contributed by atoms with Crippen molar-refractivity contribution in [1.29, 1.82) is 0 Å². The highest BCUT2D eigenvalue weighted by atomic mass is 35.5. The molecule has 0 aliphatic carbocycles. The van der Waals surface area contributed by atoms with Crippen molar-refractivity contribution >= 4 is 23.3 Å². The summed E-state index contributed by atoms with van der Waals surface area (Å²) in [6, 6.07) is 12.3. The third-order valence-electron chi connectivity index (χ3n) is 2.69. The van der Waals surface area contributed by atoms with Gasteiger partial charge in [0.2, 0.25) is 0 Å². The van der Waals surface area contributed by atoms with E-state index >= 15 is 0 Å². The number of Topliss-reactive ketones (excluding diaryl/α,β-unsaturated/α-hetero) is 1. The number of amides is 1. The molecule has 0 aliphatic rings. The van der Waals surface area contributed by atoms with E-state index in [1.807, 2.05) is 0 Å². The summed E-state index contributed by atoms with van der Waals surface area (Å²) in [5.41, 5.74) is 0.628. The molecule has 5 heteroatoms. The molecule has 2 aromatic rings. The first kappa shape index (κ1) is 14.2. The second kappa shape index (κ2) is 6.30. The van der Waals surface area contributed by atoms with Crippen LogP contribution in [0.15, 0.2) is 48.5 Å². The van der Waals surface area contributed by atoms with Crippen LogP contribution in [0.25, 0.3) is 0 Å². The molecule has 0 heterocycles. The van der Waals surface area contributed by atoms with E-state index in [1.54, 1.807) is 30.3 Å². The van der Waals surface area contributed by atoms with Gasteiger partial charge in [-0.15, -0.1) is 0 Å². The number of hydrogen-bond donors (Lipinski definition) is 1. The van der Waals surface area contributed by atoms with Gasteiger partial charge in [-0.25, -0.2) is 4.39 Å². The Bertz CT molecular complexity index is 644. The number of rotatable bonds is 4. The third kappa shape index (κ3) is 3.42. The van der Waals surface area contributed by atoms with Crippen LogP contribution in [0.2, 0.25) is 5.02 Å². The Hall–Kier alpha value is -2.20. The number of halogens is 2. The molecular weight excluding hydrogens is 281 g/mol.